The lowest BCUT2D eigenvalue weighted by atomic mass is 10.3. The standard InChI is InChI=1S/C5H9N3.3ClH/c1-4-5(2-6)3-7-8-4;;;/h3H,2,6H2,1H3,(H,7,8);3*1H. The van der Waals surface area contributed by atoms with Gasteiger partial charge in [0.2, 0.25) is 0 Å². The Labute approximate surface area is 84.4 Å². The van der Waals surface area contributed by atoms with Crippen molar-refractivity contribution < 1.29 is 0 Å². The number of H-pyrrole nitrogens is 1. The smallest absolute Gasteiger partial charge is 0.0534 e. The Morgan fingerprint density at radius 2 is 2.00 bits per heavy atom. The first-order valence-electron chi connectivity index (χ1n) is 2.53. The molecule has 0 bridgehead atoms. The Hall–Kier alpha value is 0.0400. The summed E-state index contributed by atoms with van der Waals surface area (Å²) < 4.78 is 0. The average Bonchev–Trinajstić information content (AvgIpc) is 2.14. The summed E-state index contributed by atoms with van der Waals surface area (Å²) in [7, 11) is 0. The molecule has 1 rings (SSSR count). The lowest BCUT2D eigenvalue weighted by Crippen LogP contribution is -1.95. The van der Waals surface area contributed by atoms with Crippen LogP contribution in [-0.2, 0) is 6.54 Å². The third-order valence-corrected chi connectivity index (χ3v) is 1.15. The van der Waals surface area contributed by atoms with Crippen molar-refractivity contribution in [2.24, 2.45) is 5.73 Å². The maximum Gasteiger partial charge on any atom is 0.0534 e. The fourth-order valence-electron chi connectivity index (χ4n) is 0.581. The minimum absolute atomic E-state index is 0. The van der Waals surface area contributed by atoms with Gasteiger partial charge in [-0.2, -0.15) is 5.10 Å². The van der Waals surface area contributed by atoms with Crippen LogP contribution in [0.15, 0.2) is 6.20 Å². The highest BCUT2D eigenvalue weighted by atomic mass is 35.5. The van der Waals surface area contributed by atoms with Gasteiger partial charge >= 0.3 is 0 Å². The molecule has 6 heteroatoms. The van der Waals surface area contributed by atoms with E-state index in [1.54, 1.807) is 6.20 Å². The first-order chi connectivity index (χ1) is 3.84. The number of nitrogens with one attached hydrogen (secondary N) is 1. The number of aromatic amines is 1. The van der Waals surface area contributed by atoms with Crippen LogP contribution < -0.4 is 5.73 Å². The van der Waals surface area contributed by atoms with Crippen LogP contribution in [0.5, 0.6) is 0 Å². The summed E-state index contributed by atoms with van der Waals surface area (Å²) in [6.45, 7) is 2.53. The van der Waals surface area contributed by atoms with Gasteiger partial charge in [-0.1, -0.05) is 0 Å². The van der Waals surface area contributed by atoms with E-state index in [-0.39, 0.29) is 37.2 Å². The molecule has 0 saturated carbocycles. The third kappa shape index (κ3) is 4.48. The van der Waals surface area contributed by atoms with E-state index in [1.807, 2.05) is 6.92 Å². The lowest BCUT2D eigenvalue weighted by molar-refractivity contribution is 1.02. The van der Waals surface area contributed by atoms with E-state index in [0.717, 1.165) is 11.3 Å². The molecule has 1 aromatic rings. The molecule has 0 aliphatic carbocycles. The van der Waals surface area contributed by atoms with Crippen LogP contribution in [0.4, 0.5) is 0 Å². The molecule has 0 radical (unpaired) electrons. The van der Waals surface area contributed by atoms with Crippen LogP contribution >= 0.6 is 37.2 Å². The maximum absolute atomic E-state index is 5.34. The van der Waals surface area contributed by atoms with Crippen molar-refractivity contribution in [3.63, 3.8) is 0 Å². The highest BCUT2D eigenvalue weighted by molar-refractivity contribution is 5.86. The predicted octanol–water partition coefficient (Wildman–Crippen LogP) is 1.44. The fourth-order valence-corrected chi connectivity index (χ4v) is 0.581. The number of rotatable bonds is 1. The normalized spacial score (nSPS) is 7.09. The van der Waals surface area contributed by atoms with Gasteiger partial charge in [0.15, 0.2) is 0 Å². The lowest BCUT2D eigenvalue weighted by Gasteiger charge is -1.86. The van der Waals surface area contributed by atoms with Gasteiger partial charge in [-0.25, -0.2) is 0 Å². The van der Waals surface area contributed by atoms with E-state index >= 15 is 0 Å². The summed E-state index contributed by atoms with van der Waals surface area (Å²) in [5.41, 5.74) is 7.49. The first kappa shape index (κ1) is 17.2. The second-order valence-electron chi connectivity index (χ2n) is 1.72. The minimum Gasteiger partial charge on any atom is -0.326 e. The highest BCUT2D eigenvalue weighted by Gasteiger charge is 1.93. The average molecular weight is 221 g/mol. The molecule has 1 heterocycles. The molecule has 0 aromatic carbocycles. The molecule has 3 N–H and O–H groups in total. The zero-order valence-electron chi connectivity index (χ0n) is 6.03. The van der Waals surface area contributed by atoms with Crippen molar-refractivity contribution in [1.29, 1.82) is 0 Å². The molecular formula is C5H12Cl3N3. The van der Waals surface area contributed by atoms with Crippen molar-refractivity contribution in [1.82, 2.24) is 10.2 Å². The van der Waals surface area contributed by atoms with Gasteiger partial charge in [-0.3, -0.25) is 5.10 Å². The van der Waals surface area contributed by atoms with E-state index < -0.39 is 0 Å². The molecule has 0 fully saturated rings. The predicted molar refractivity (Wildman–Crippen MR) is 53.0 cm³/mol. The number of nitrogens with zero attached hydrogens (tertiary/aromatic N) is 1. The summed E-state index contributed by atoms with van der Waals surface area (Å²) in [4.78, 5) is 0. The van der Waals surface area contributed by atoms with Crippen molar-refractivity contribution in [2.75, 3.05) is 0 Å². The van der Waals surface area contributed by atoms with Crippen LogP contribution in [0.25, 0.3) is 0 Å². The molecule has 0 amide bonds. The summed E-state index contributed by atoms with van der Waals surface area (Å²) in [6, 6.07) is 0. The Kier molecular flexibility index (Phi) is 12.7. The topological polar surface area (TPSA) is 54.7 Å². The number of nitrogens with two attached hydrogens (primary N) is 1. The molecule has 3 nitrogen and oxygen atoms in total. The van der Waals surface area contributed by atoms with Crippen LogP contribution in [0, 0.1) is 6.92 Å². The first-order valence-corrected chi connectivity index (χ1v) is 2.53. The monoisotopic (exact) mass is 219 g/mol. The molecule has 0 aliphatic rings. The van der Waals surface area contributed by atoms with Crippen molar-refractivity contribution >= 4 is 37.2 Å². The molecular weight excluding hydrogens is 208 g/mol. The fraction of sp³-hybridized carbons (Fsp3) is 0.400. The molecule has 11 heavy (non-hydrogen) atoms. The summed E-state index contributed by atoms with van der Waals surface area (Å²) in [6.07, 6.45) is 1.75. The molecule has 0 spiro atoms. The van der Waals surface area contributed by atoms with Gasteiger partial charge in [0.25, 0.3) is 0 Å². The Bertz CT molecular complexity index is 177. The second kappa shape index (κ2) is 8.14. The van der Waals surface area contributed by atoms with Crippen molar-refractivity contribution in [3.05, 3.63) is 17.5 Å². The van der Waals surface area contributed by atoms with Gasteiger partial charge in [-0.15, -0.1) is 37.2 Å². The summed E-state index contributed by atoms with van der Waals surface area (Å²) >= 11 is 0. The van der Waals surface area contributed by atoms with Crippen LogP contribution in [-0.4, -0.2) is 10.2 Å². The molecule has 0 atom stereocenters. The summed E-state index contributed by atoms with van der Waals surface area (Å²) in [5.74, 6) is 0. The van der Waals surface area contributed by atoms with E-state index in [9.17, 15) is 0 Å². The van der Waals surface area contributed by atoms with Crippen LogP contribution in [0.2, 0.25) is 0 Å². The molecule has 1 aromatic heterocycles. The molecule has 0 saturated heterocycles. The molecule has 68 valence electrons. The number of aryl methyl sites for hydroxylation is 1. The largest absolute Gasteiger partial charge is 0.326 e. The van der Waals surface area contributed by atoms with E-state index in [4.69, 9.17) is 5.73 Å². The SMILES string of the molecule is Cc1[nH]ncc1CN.Cl.Cl.Cl. The Morgan fingerprint density at radius 1 is 1.45 bits per heavy atom. The third-order valence-electron chi connectivity index (χ3n) is 1.15. The van der Waals surface area contributed by atoms with E-state index in [0.29, 0.717) is 6.54 Å². The highest BCUT2D eigenvalue weighted by Crippen LogP contribution is 1.98. The maximum atomic E-state index is 5.34. The zero-order valence-corrected chi connectivity index (χ0v) is 8.48. The van der Waals surface area contributed by atoms with Crippen LogP contribution in [0.1, 0.15) is 11.3 Å². The van der Waals surface area contributed by atoms with Crippen LogP contribution in [0.3, 0.4) is 0 Å². The number of hydrogen-bond donors (Lipinski definition) is 2. The summed E-state index contributed by atoms with van der Waals surface area (Å²) in [5, 5.41) is 6.58. The number of hydrogen-bond acceptors (Lipinski definition) is 2. The zero-order chi connectivity index (χ0) is 5.98. The molecule has 0 aliphatic heterocycles. The van der Waals surface area contributed by atoms with Crippen molar-refractivity contribution in [3.8, 4) is 0 Å². The number of halogens is 3. The van der Waals surface area contributed by atoms with Gasteiger partial charge in [0, 0.05) is 17.8 Å². The number of aromatic nitrogens is 2. The Morgan fingerprint density at radius 3 is 2.18 bits per heavy atom. The molecule has 0 unspecified atom stereocenters. The van der Waals surface area contributed by atoms with E-state index in [1.165, 1.54) is 0 Å². The Balaban J connectivity index is -0.000000213. The van der Waals surface area contributed by atoms with Gasteiger partial charge in [0.1, 0.15) is 0 Å². The second-order valence-corrected chi connectivity index (χ2v) is 1.72. The van der Waals surface area contributed by atoms with Gasteiger partial charge < -0.3 is 5.73 Å². The quantitative estimate of drug-likeness (QED) is 0.753. The van der Waals surface area contributed by atoms with Gasteiger partial charge in [0.05, 0.1) is 6.20 Å². The minimum atomic E-state index is 0. The van der Waals surface area contributed by atoms with Crippen molar-refractivity contribution in [2.45, 2.75) is 13.5 Å². The van der Waals surface area contributed by atoms with E-state index in [2.05, 4.69) is 10.2 Å². The van der Waals surface area contributed by atoms with Gasteiger partial charge in [-0.05, 0) is 6.92 Å².